The van der Waals surface area contributed by atoms with Gasteiger partial charge in [-0.05, 0) is 51.4 Å². The van der Waals surface area contributed by atoms with E-state index in [-0.39, 0.29) is 17.9 Å². The fourth-order valence-corrected chi connectivity index (χ4v) is 3.26. The first-order chi connectivity index (χ1) is 9.58. The van der Waals surface area contributed by atoms with E-state index in [9.17, 15) is 9.59 Å². The number of anilines is 1. The molecule has 0 spiro atoms. The van der Waals surface area contributed by atoms with E-state index < -0.39 is 0 Å². The zero-order chi connectivity index (χ0) is 14.3. The number of rotatable bonds is 2. The van der Waals surface area contributed by atoms with Gasteiger partial charge in [-0.1, -0.05) is 17.7 Å². The minimum Gasteiger partial charge on any atom is -0.292 e. The van der Waals surface area contributed by atoms with Crippen molar-refractivity contribution in [2.24, 2.45) is 0 Å². The van der Waals surface area contributed by atoms with E-state index in [1.807, 2.05) is 32.0 Å². The first-order valence-corrected chi connectivity index (χ1v) is 7.26. The Morgan fingerprint density at radius 2 is 1.80 bits per heavy atom. The van der Waals surface area contributed by atoms with Gasteiger partial charge >= 0.3 is 0 Å². The molecule has 3 rings (SSSR count). The van der Waals surface area contributed by atoms with Gasteiger partial charge in [0.2, 0.25) is 5.91 Å². The van der Waals surface area contributed by atoms with Crippen LogP contribution in [-0.4, -0.2) is 35.8 Å². The molecule has 2 fully saturated rings. The van der Waals surface area contributed by atoms with Crippen LogP contribution in [0.2, 0.25) is 0 Å². The van der Waals surface area contributed by atoms with Crippen LogP contribution in [0.15, 0.2) is 18.2 Å². The van der Waals surface area contributed by atoms with Crippen LogP contribution in [0.3, 0.4) is 0 Å². The van der Waals surface area contributed by atoms with Crippen LogP contribution in [-0.2, 0) is 9.59 Å². The Morgan fingerprint density at radius 1 is 1.10 bits per heavy atom. The van der Waals surface area contributed by atoms with Crippen LogP contribution >= 0.6 is 0 Å². The van der Waals surface area contributed by atoms with Crippen molar-refractivity contribution in [3.05, 3.63) is 29.3 Å². The third kappa shape index (κ3) is 2.14. The molecule has 0 unspecified atom stereocenters. The number of carbonyl (C=O) groups is 2. The summed E-state index contributed by atoms with van der Waals surface area (Å²) in [7, 11) is 0. The third-order valence-corrected chi connectivity index (χ3v) is 4.30. The minimum absolute atomic E-state index is 0.0520. The lowest BCUT2D eigenvalue weighted by atomic mass is 10.1. The van der Waals surface area contributed by atoms with Crippen LogP contribution in [0.25, 0.3) is 0 Å². The second-order valence-corrected chi connectivity index (χ2v) is 5.82. The van der Waals surface area contributed by atoms with E-state index in [1.54, 1.807) is 0 Å². The molecule has 1 aromatic carbocycles. The summed E-state index contributed by atoms with van der Waals surface area (Å²) in [5, 5.41) is 0. The summed E-state index contributed by atoms with van der Waals surface area (Å²) in [5.74, 6) is -0.122. The highest BCUT2D eigenvalue weighted by molar-refractivity contribution is 6.22. The zero-order valence-electron chi connectivity index (χ0n) is 12.1. The number of imide groups is 1. The number of likely N-dealkylation sites (tertiary alicyclic amines) is 1. The van der Waals surface area contributed by atoms with Crippen LogP contribution in [0.5, 0.6) is 0 Å². The van der Waals surface area contributed by atoms with Crippen molar-refractivity contribution in [2.75, 3.05) is 18.0 Å². The first-order valence-electron chi connectivity index (χ1n) is 7.26. The quantitative estimate of drug-likeness (QED) is 0.773. The number of nitrogens with zero attached hydrogens (tertiary/aromatic N) is 2. The maximum Gasteiger partial charge on any atom is 0.251 e. The molecule has 1 aromatic rings. The number of hydrogen-bond acceptors (Lipinski definition) is 3. The average Bonchev–Trinajstić information content (AvgIpc) is 3.00. The number of hydrogen-bond donors (Lipinski definition) is 0. The molecule has 0 aliphatic carbocycles. The molecule has 4 heteroatoms. The molecule has 0 bridgehead atoms. The predicted octanol–water partition coefficient (Wildman–Crippen LogP) is 2.03. The fourth-order valence-electron chi connectivity index (χ4n) is 3.26. The van der Waals surface area contributed by atoms with Crippen molar-refractivity contribution in [1.29, 1.82) is 0 Å². The molecular weight excluding hydrogens is 252 g/mol. The molecule has 0 N–H and O–H groups in total. The zero-order valence-corrected chi connectivity index (χ0v) is 12.1. The number of benzene rings is 1. The Balaban J connectivity index is 1.90. The van der Waals surface area contributed by atoms with Gasteiger partial charge in [-0.25, -0.2) is 4.90 Å². The normalized spacial score (nSPS) is 23.9. The first kappa shape index (κ1) is 13.3. The van der Waals surface area contributed by atoms with Gasteiger partial charge in [0, 0.05) is 0 Å². The Hall–Kier alpha value is -1.68. The molecule has 0 saturated carbocycles. The number of amides is 2. The van der Waals surface area contributed by atoms with Gasteiger partial charge in [0.1, 0.15) is 0 Å². The molecule has 2 saturated heterocycles. The summed E-state index contributed by atoms with van der Waals surface area (Å²) in [5.41, 5.74) is 2.86. The lowest BCUT2D eigenvalue weighted by Gasteiger charge is -2.22. The summed E-state index contributed by atoms with van der Waals surface area (Å²) in [6, 6.07) is 5.60. The van der Waals surface area contributed by atoms with Crippen LogP contribution in [0, 0.1) is 13.8 Å². The fraction of sp³-hybridized carbons (Fsp3) is 0.500. The molecule has 0 radical (unpaired) electrons. The van der Waals surface area contributed by atoms with Crippen LogP contribution in [0.1, 0.15) is 30.4 Å². The van der Waals surface area contributed by atoms with Gasteiger partial charge < -0.3 is 0 Å². The Morgan fingerprint density at radius 3 is 2.45 bits per heavy atom. The monoisotopic (exact) mass is 272 g/mol. The summed E-state index contributed by atoms with van der Waals surface area (Å²) in [6.45, 7) is 5.83. The van der Waals surface area contributed by atoms with Gasteiger partial charge in [-0.15, -0.1) is 0 Å². The van der Waals surface area contributed by atoms with Gasteiger partial charge in [0.05, 0.1) is 18.2 Å². The summed E-state index contributed by atoms with van der Waals surface area (Å²) < 4.78 is 0. The third-order valence-electron chi connectivity index (χ3n) is 4.30. The maximum absolute atomic E-state index is 12.6. The maximum atomic E-state index is 12.6. The van der Waals surface area contributed by atoms with Gasteiger partial charge in [-0.2, -0.15) is 0 Å². The number of carbonyl (C=O) groups excluding carboxylic acids is 2. The van der Waals surface area contributed by atoms with Crippen molar-refractivity contribution >= 4 is 17.5 Å². The van der Waals surface area contributed by atoms with E-state index in [4.69, 9.17) is 0 Å². The topological polar surface area (TPSA) is 40.6 Å². The van der Waals surface area contributed by atoms with Crippen molar-refractivity contribution in [2.45, 2.75) is 39.2 Å². The van der Waals surface area contributed by atoms with Crippen LogP contribution < -0.4 is 4.90 Å². The molecule has 1 atom stereocenters. The van der Waals surface area contributed by atoms with E-state index in [0.29, 0.717) is 6.42 Å². The number of aryl methyl sites for hydroxylation is 2. The van der Waals surface area contributed by atoms with E-state index in [1.165, 1.54) is 4.90 Å². The second-order valence-electron chi connectivity index (χ2n) is 5.82. The van der Waals surface area contributed by atoms with E-state index in [2.05, 4.69) is 4.90 Å². The molecule has 0 aromatic heterocycles. The lowest BCUT2D eigenvalue weighted by Crippen LogP contribution is -2.40. The predicted molar refractivity (Wildman–Crippen MR) is 77.6 cm³/mol. The van der Waals surface area contributed by atoms with Crippen molar-refractivity contribution in [1.82, 2.24) is 4.90 Å². The van der Waals surface area contributed by atoms with Crippen molar-refractivity contribution < 1.29 is 9.59 Å². The average molecular weight is 272 g/mol. The smallest absolute Gasteiger partial charge is 0.251 e. The molecule has 2 heterocycles. The van der Waals surface area contributed by atoms with E-state index >= 15 is 0 Å². The Bertz CT molecular complexity index is 562. The highest BCUT2D eigenvalue weighted by atomic mass is 16.2. The van der Waals surface area contributed by atoms with Crippen molar-refractivity contribution in [3.8, 4) is 0 Å². The highest BCUT2D eigenvalue weighted by Gasteiger charge is 2.43. The van der Waals surface area contributed by atoms with Crippen LogP contribution in [0.4, 0.5) is 5.69 Å². The summed E-state index contributed by atoms with van der Waals surface area (Å²) >= 11 is 0. The van der Waals surface area contributed by atoms with Crippen molar-refractivity contribution in [3.63, 3.8) is 0 Å². The molecular formula is C16H20N2O2. The van der Waals surface area contributed by atoms with Gasteiger partial charge in [-0.3, -0.25) is 14.5 Å². The Labute approximate surface area is 119 Å². The van der Waals surface area contributed by atoms with Gasteiger partial charge in [0.25, 0.3) is 5.91 Å². The molecule has 4 nitrogen and oxygen atoms in total. The molecule has 20 heavy (non-hydrogen) atoms. The lowest BCUT2D eigenvalue weighted by molar-refractivity contribution is -0.122. The molecule has 106 valence electrons. The van der Waals surface area contributed by atoms with Gasteiger partial charge in [0.15, 0.2) is 0 Å². The standard InChI is InChI=1S/C16H20N2O2/c1-11-5-6-13(12(2)9-11)18-15(19)10-14(16(18)20)17-7-3-4-8-17/h5-6,9,14H,3-4,7-8,10H2,1-2H3/t14-/m0/s1. The molecule has 2 aliphatic heterocycles. The minimum atomic E-state index is -0.245. The molecule has 2 amide bonds. The summed E-state index contributed by atoms with van der Waals surface area (Å²) in [6.07, 6.45) is 2.58. The largest absolute Gasteiger partial charge is 0.292 e. The SMILES string of the molecule is Cc1ccc(N2C(=O)C[C@H](N3CCCC3)C2=O)c(C)c1. The Kier molecular flexibility index (Phi) is 3.34. The second kappa shape index (κ2) is 5.02. The molecule has 2 aliphatic rings. The highest BCUT2D eigenvalue weighted by Crippen LogP contribution is 2.30. The summed E-state index contributed by atoms with van der Waals surface area (Å²) in [4.78, 5) is 28.4. The van der Waals surface area contributed by atoms with E-state index in [0.717, 1.165) is 42.7 Å².